The van der Waals surface area contributed by atoms with Gasteiger partial charge >= 0.3 is 0 Å². The van der Waals surface area contributed by atoms with Crippen molar-refractivity contribution in [2.24, 2.45) is 0 Å². The molecule has 2 aromatic heterocycles. The van der Waals surface area contributed by atoms with Crippen molar-refractivity contribution >= 4 is 11.6 Å². The lowest BCUT2D eigenvalue weighted by Gasteiger charge is -2.12. The van der Waals surface area contributed by atoms with Gasteiger partial charge in [0.25, 0.3) is 0 Å². The maximum atomic E-state index is 12.6. The van der Waals surface area contributed by atoms with E-state index in [4.69, 9.17) is 0 Å². The third-order valence-electron chi connectivity index (χ3n) is 3.73. The first kappa shape index (κ1) is 11.7. The fourth-order valence-corrected chi connectivity index (χ4v) is 2.71. The molecule has 0 atom stereocenters. The molecule has 2 heterocycles. The molecule has 0 spiro atoms. The molecule has 0 aliphatic heterocycles. The number of nitrogens with one attached hydrogen (secondary N) is 2. The number of ketones is 2. The minimum atomic E-state index is -0.200. The minimum Gasteiger partial charge on any atom is -0.508 e. The molecule has 21 heavy (non-hydrogen) atoms. The summed E-state index contributed by atoms with van der Waals surface area (Å²) in [6.45, 7) is 0. The molecule has 4 rings (SSSR count). The van der Waals surface area contributed by atoms with Gasteiger partial charge in [-0.1, -0.05) is 12.1 Å². The number of aromatic hydroxyl groups is 1. The van der Waals surface area contributed by atoms with Crippen molar-refractivity contribution in [1.82, 2.24) is 9.97 Å². The summed E-state index contributed by atoms with van der Waals surface area (Å²) in [5, 5.41) is 9.36. The fraction of sp³-hybridized carbons (Fsp3) is 0. The fourth-order valence-electron chi connectivity index (χ4n) is 2.71. The van der Waals surface area contributed by atoms with Gasteiger partial charge in [0.2, 0.25) is 11.6 Å². The normalized spacial score (nSPS) is 13.1. The van der Waals surface area contributed by atoms with E-state index < -0.39 is 0 Å². The molecule has 3 N–H and O–H groups in total. The highest BCUT2D eigenvalue weighted by molar-refractivity contribution is 6.29. The Bertz CT molecular complexity index is 885. The summed E-state index contributed by atoms with van der Waals surface area (Å²) in [7, 11) is 0. The van der Waals surface area contributed by atoms with Crippen LogP contribution in [0, 0.1) is 0 Å². The Hall–Kier alpha value is -3.08. The van der Waals surface area contributed by atoms with E-state index in [1.165, 1.54) is 0 Å². The molecule has 5 nitrogen and oxygen atoms in total. The molecular formula is C16H10N2O3. The SMILES string of the molecule is O=C1c2cc[nH]c2C(=O)c2c(-c3ccc(O)cc3)c[nH]c21. The largest absolute Gasteiger partial charge is 0.508 e. The van der Waals surface area contributed by atoms with Crippen LogP contribution in [0.4, 0.5) is 0 Å². The first-order valence-corrected chi connectivity index (χ1v) is 6.44. The third-order valence-corrected chi connectivity index (χ3v) is 3.73. The highest BCUT2D eigenvalue weighted by atomic mass is 16.3. The molecule has 1 aliphatic rings. The van der Waals surface area contributed by atoms with Crippen LogP contribution in [0.25, 0.3) is 11.1 Å². The first-order chi connectivity index (χ1) is 10.2. The zero-order valence-electron chi connectivity index (χ0n) is 10.8. The maximum Gasteiger partial charge on any atom is 0.212 e. The number of carbonyl (C=O) groups excluding carboxylic acids is 2. The molecule has 102 valence electrons. The van der Waals surface area contributed by atoms with Gasteiger partial charge in [-0.3, -0.25) is 9.59 Å². The molecular weight excluding hydrogens is 268 g/mol. The smallest absolute Gasteiger partial charge is 0.212 e. The Balaban J connectivity index is 1.94. The number of aromatic nitrogens is 2. The lowest BCUT2D eigenvalue weighted by atomic mass is 9.89. The molecule has 1 aromatic carbocycles. The Morgan fingerprint density at radius 3 is 2.33 bits per heavy atom. The summed E-state index contributed by atoms with van der Waals surface area (Å²) in [6.07, 6.45) is 3.24. The van der Waals surface area contributed by atoms with Crippen LogP contribution in [-0.2, 0) is 0 Å². The number of H-pyrrole nitrogens is 2. The number of benzene rings is 1. The Morgan fingerprint density at radius 1 is 0.810 bits per heavy atom. The molecule has 0 bridgehead atoms. The van der Waals surface area contributed by atoms with Gasteiger partial charge in [0.05, 0.1) is 22.5 Å². The topological polar surface area (TPSA) is 85.9 Å². The third kappa shape index (κ3) is 1.51. The quantitative estimate of drug-likeness (QED) is 0.500. The Labute approximate surface area is 119 Å². The van der Waals surface area contributed by atoms with E-state index in [2.05, 4.69) is 9.97 Å². The van der Waals surface area contributed by atoms with Crippen molar-refractivity contribution in [2.45, 2.75) is 0 Å². The predicted octanol–water partition coefficient (Wildman–Crippen LogP) is 2.49. The first-order valence-electron chi connectivity index (χ1n) is 6.44. The van der Waals surface area contributed by atoms with Crippen LogP contribution in [0.3, 0.4) is 0 Å². The van der Waals surface area contributed by atoms with Crippen LogP contribution in [0.1, 0.15) is 32.1 Å². The number of fused-ring (bicyclic) bond motifs is 2. The number of aromatic amines is 2. The minimum absolute atomic E-state index is 0.150. The zero-order valence-corrected chi connectivity index (χ0v) is 10.8. The average Bonchev–Trinajstić information content (AvgIpc) is 3.13. The molecule has 0 radical (unpaired) electrons. The van der Waals surface area contributed by atoms with Crippen LogP contribution in [-0.4, -0.2) is 26.6 Å². The molecule has 5 heteroatoms. The molecule has 3 aromatic rings. The van der Waals surface area contributed by atoms with Crippen LogP contribution >= 0.6 is 0 Å². The van der Waals surface area contributed by atoms with Crippen molar-refractivity contribution in [3.63, 3.8) is 0 Å². The molecule has 1 aliphatic carbocycles. The molecule has 0 unspecified atom stereocenters. The van der Waals surface area contributed by atoms with Crippen molar-refractivity contribution in [2.75, 3.05) is 0 Å². The van der Waals surface area contributed by atoms with E-state index in [1.807, 2.05) is 0 Å². The second-order valence-corrected chi connectivity index (χ2v) is 4.92. The second-order valence-electron chi connectivity index (χ2n) is 4.92. The lowest BCUT2D eigenvalue weighted by Crippen LogP contribution is -2.19. The van der Waals surface area contributed by atoms with Gasteiger partial charge in [0.1, 0.15) is 5.75 Å². The summed E-state index contributed by atoms with van der Waals surface area (Å²) < 4.78 is 0. The van der Waals surface area contributed by atoms with Crippen molar-refractivity contribution in [3.05, 3.63) is 65.2 Å². The van der Waals surface area contributed by atoms with Crippen molar-refractivity contribution in [1.29, 1.82) is 0 Å². The highest BCUT2D eigenvalue weighted by Gasteiger charge is 2.34. The van der Waals surface area contributed by atoms with E-state index in [0.717, 1.165) is 5.56 Å². The summed E-state index contributed by atoms with van der Waals surface area (Å²) in [5.74, 6) is -0.239. The van der Waals surface area contributed by atoms with Gasteiger partial charge in [-0.25, -0.2) is 0 Å². The predicted molar refractivity (Wildman–Crippen MR) is 75.6 cm³/mol. The van der Waals surface area contributed by atoms with Crippen LogP contribution in [0.5, 0.6) is 5.75 Å². The van der Waals surface area contributed by atoms with Crippen molar-refractivity contribution < 1.29 is 14.7 Å². The Morgan fingerprint density at radius 2 is 1.57 bits per heavy atom. The summed E-state index contributed by atoms with van der Waals surface area (Å²) in [4.78, 5) is 30.7. The number of hydrogen-bond acceptors (Lipinski definition) is 3. The number of carbonyl (C=O) groups is 2. The van der Waals surface area contributed by atoms with Gasteiger partial charge in [-0.15, -0.1) is 0 Å². The van der Waals surface area contributed by atoms with E-state index >= 15 is 0 Å². The molecule has 0 amide bonds. The monoisotopic (exact) mass is 278 g/mol. The molecule has 0 saturated carbocycles. The molecule has 0 fully saturated rings. The average molecular weight is 278 g/mol. The van der Waals surface area contributed by atoms with Gasteiger partial charge < -0.3 is 15.1 Å². The number of rotatable bonds is 1. The van der Waals surface area contributed by atoms with Gasteiger partial charge in [0.15, 0.2) is 0 Å². The van der Waals surface area contributed by atoms with Crippen LogP contribution in [0.2, 0.25) is 0 Å². The van der Waals surface area contributed by atoms with E-state index in [-0.39, 0.29) is 17.3 Å². The van der Waals surface area contributed by atoms with Crippen molar-refractivity contribution in [3.8, 4) is 16.9 Å². The standard InChI is InChI=1S/C16H10N2O3/c19-9-3-1-8(2-4-9)11-7-18-14-12(11)16(21)13-10(15(14)20)5-6-17-13/h1-7,17-19H. The van der Waals surface area contributed by atoms with Gasteiger partial charge in [-0.2, -0.15) is 0 Å². The van der Waals surface area contributed by atoms with Crippen LogP contribution < -0.4 is 0 Å². The number of phenolic OH excluding ortho intramolecular Hbond substituents is 1. The second kappa shape index (κ2) is 3.96. The molecule has 0 saturated heterocycles. The number of hydrogen-bond donors (Lipinski definition) is 3. The number of phenols is 1. The summed E-state index contributed by atoms with van der Waals surface area (Å²) in [5.41, 5.74) is 2.83. The maximum absolute atomic E-state index is 12.6. The van der Waals surface area contributed by atoms with Gasteiger partial charge in [-0.05, 0) is 23.8 Å². The van der Waals surface area contributed by atoms with E-state index in [1.54, 1.807) is 42.7 Å². The van der Waals surface area contributed by atoms with Gasteiger partial charge in [0, 0.05) is 18.0 Å². The summed E-state index contributed by atoms with van der Waals surface area (Å²) >= 11 is 0. The lowest BCUT2D eigenvalue weighted by molar-refractivity contribution is 0.0975. The van der Waals surface area contributed by atoms with Crippen LogP contribution in [0.15, 0.2) is 42.7 Å². The summed E-state index contributed by atoms with van der Waals surface area (Å²) in [6, 6.07) is 8.12. The highest BCUT2D eigenvalue weighted by Crippen LogP contribution is 2.34. The zero-order chi connectivity index (χ0) is 14.6. The van der Waals surface area contributed by atoms with E-state index in [9.17, 15) is 14.7 Å². The Kier molecular flexibility index (Phi) is 2.21. The van der Waals surface area contributed by atoms with E-state index in [0.29, 0.717) is 28.1 Å².